The quantitative estimate of drug-likeness (QED) is 0.561. The van der Waals surface area contributed by atoms with Crippen molar-refractivity contribution < 1.29 is 14.5 Å². The van der Waals surface area contributed by atoms with Crippen LogP contribution in [0.5, 0.6) is 0 Å². The monoisotopic (exact) mass is 265 g/mol. The highest BCUT2D eigenvalue weighted by Crippen LogP contribution is 2.04. The van der Waals surface area contributed by atoms with Gasteiger partial charge in [0.05, 0.1) is 0 Å². The maximum atomic E-state index is 8.89. The average Bonchev–Trinajstić information content (AvgIpc) is 2.33. The number of nitrogens with zero attached hydrogens (tertiary/aromatic N) is 1. The normalized spacial score (nSPS) is 9.63. The zero-order valence-corrected chi connectivity index (χ0v) is 12.5. The van der Waals surface area contributed by atoms with Crippen molar-refractivity contribution >= 4 is 5.97 Å². The highest BCUT2D eigenvalue weighted by Gasteiger charge is 1.99. The summed E-state index contributed by atoms with van der Waals surface area (Å²) in [5, 5.41) is 8.89. The third-order valence-corrected chi connectivity index (χ3v) is 2.78. The molecule has 1 aromatic rings. The highest BCUT2D eigenvalue weighted by atomic mass is 16.4. The van der Waals surface area contributed by atoms with Crippen LogP contribution in [0.25, 0.3) is 0 Å². The number of pyridine rings is 1. The van der Waals surface area contributed by atoms with Gasteiger partial charge in [-0.3, -0.25) is 0 Å². The molecule has 0 aromatic carbocycles. The van der Waals surface area contributed by atoms with Gasteiger partial charge in [0, 0.05) is 24.0 Å². The predicted molar refractivity (Wildman–Crippen MR) is 75.4 cm³/mol. The van der Waals surface area contributed by atoms with Gasteiger partial charge in [-0.2, -0.15) is 0 Å². The van der Waals surface area contributed by atoms with Crippen LogP contribution in [0.1, 0.15) is 57.9 Å². The average molecular weight is 265 g/mol. The fraction of sp³-hybridized carbons (Fsp3) is 0.625. The van der Waals surface area contributed by atoms with Crippen LogP contribution >= 0.6 is 0 Å². The number of rotatable bonds is 7. The Labute approximate surface area is 117 Å². The minimum Gasteiger partial charge on any atom is -0.550 e. The maximum Gasteiger partial charge on any atom is 0.171 e. The van der Waals surface area contributed by atoms with E-state index in [1.54, 1.807) is 0 Å². The third kappa shape index (κ3) is 12.9. The molecule has 1 aromatic heterocycles. The second kappa shape index (κ2) is 11.7. The minimum atomic E-state index is -1.08. The molecule has 0 aliphatic heterocycles. The van der Waals surface area contributed by atoms with Crippen LogP contribution in [0.15, 0.2) is 24.5 Å². The number of aliphatic carboxylic acids is 1. The Morgan fingerprint density at radius 2 is 1.79 bits per heavy atom. The van der Waals surface area contributed by atoms with E-state index >= 15 is 0 Å². The summed E-state index contributed by atoms with van der Waals surface area (Å²) >= 11 is 0. The first-order valence-corrected chi connectivity index (χ1v) is 7.19. The van der Waals surface area contributed by atoms with Crippen molar-refractivity contribution in [3.05, 3.63) is 30.1 Å². The SMILES string of the molecule is CC(=O)[O-].CCCCCCCC[n+]1cccc(C)c1. The zero-order valence-electron chi connectivity index (χ0n) is 12.5. The van der Waals surface area contributed by atoms with Gasteiger partial charge in [0.1, 0.15) is 6.54 Å². The smallest absolute Gasteiger partial charge is 0.171 e. The lowest BCUT2D eigenvalue weighted by Crippen LogP contribution is -2.32. The molecule has 0 saturated carbocycles. The molecule has 0 N–H and O–H groups in total. The molecule has 0 fully saturated rings. The van der Waals surface area contributed by atoms with E-state index in [0.717, 1.165) is 6.92 Å². The molecule has 0 amide bonds. The number of hydrogen-bond acceptors (Lipinski definition) is 2. The fourth-order valence-electron chi connectivity index (χ4n) is 1.87. The second-order valence-corrected chi connectivity index (χ2v) is 4.88. The van der Waals surface area contributed by atoms with Crippen molar-refractivity contribution in [2.45, 2.75) is 65.8 Å². The first-order chi connectivity index (χ1) is 9.06. The Morgan fingerprint density at radius 1 is 1.21 bits per heavy atom. The predicted octanol–water partition coefficient (Wildman–Crippen LogP) is 2.40. The molecular formula is C16H27NO2. The van der Waals surface area contributed by atoms with Gasteiger partial charge < -0.3 is 9.90 Å². The van der Waals surface area contributed by atoms with E-state index in [4.69, 9.17) is 9.90 Å². The van der Waals surface area contributed by atoms with Crippen molar-refractivity contribution in [2.75, 3.05) is 0 Å². The molecule has 0 aliphatic rings. The summed E-state index contributed by atoms with van der Waals surface area (Å²) in [6.45, 7) is 6.56. The largest absolute Gasteiger partial charge is 0.550 e. The Kier molecular flexibility index (Phi) is 10.8. The Bertz CT molecular complexity index is 346. The standard InChI is InChI=1S/C14H24N.C2H4O2/c1-3-4-5-6-7-8-11-15-12-9-10-14(2)13-15;1-2(3)4/h9-10,12-13H,3-8,11H2,1-2H3;1H3,(H,3,4)/q+1;/p-1. The number of carbonyl (C=O) groups is 1. The van der Waals surface area contributed by atoms with Crippen LogP contribution in [0.4, 0.5) is 0 Å². The van der Waals surface area contributed by atoms with Gasteiger partial charge in [0.2, 0.25) is 0 Å². The van der Waals surface area contributed by atoms with Gasteiger partial charge in [-0.1, -0.05) is 32.6 Å². The topological polar surface area (TPSA) is 44.0 Å². The summed E-state index contributed by atoms with van der Waals surface area (Å²) in [5.74, 6) is -1.08. The molecule has 0 radical (unpaired) electrons. The number of hydrogen-bond donors (Lipinski definition) is 0. The lowest BCUT2D eigenvalue weighted by atomic mass is 10.1. The number of aromatic nitrogens is 1. The summed E-state index contributed by atoms with van der Waals surface area (Å²) < 4.78 is 2.30. The van der Waals surface area contributed by atoms with Crippen LogP contribution < -0.4 is 9.67 Å². The maximum absolute atomic E-state index is 8.89. The Hall–Kier alpha value is -1.38. The van der Waals surface area contributed by atoms with E-state index in [-0.39, 0.29) is 0 Å². The van der Waals surface area contributed by atoms with E-state index in [0.29, 0.717) is 0 Å². The first-order valence-electron chi connectivity index (χ1n) is 7.19. The molecule has 0 spiro atoms. The van der Waals surface area contributed by atoms with E-state index in [1.807, 2.05) is 0 Å². The van der Waals surface area contributed by atoms with Gasteiger partial charge in [0.25, 0.3) is 0 Å². The molecule has 1 heterocycles. The van der Waals surface area contributed by atoms with Crippen LogP contribution in [0, 0.1) is 6.92 Å². The van der Waals surface area contributed by atoms with Gasteiger partial charge >= 0.3 is 0 Å². The summed E-state index contributed by atoms with van der Waals surface area (Å²) in [6, 6.07) is 4.28. The van der Waals surface area contributed by atoms with Crippen LogP contribution in [-0.4, -0.2) is 5.97 Å². The van der Waals surface area contributed by atoms with Crippen molar-refractivity contribution in [1.82, 2.24) is 0 Å². The molecule has 0 unspecified atom stereocenters. The number of aryl methyl sites for hydroxylation is 2. The van der Waals surface area contributed by atoms with E-state index in [1.165, 1.54) is 50.6 Å². The van der Waals surface area contributed by atoms with Crippen LogP contribution in [-0.2, 0) is 11.3 Å². The van der Waals surface area contributed by atoms with Gasteiger partial charge in [-0.15, -0.1) is 0 Å². The summed E-state index contributed by atoms with van der Waals surface area (Å²) in [7, 11) is 0. The Morgan fingerprint density at radius 3 is 2.37 bits per heavy atom. The molecule has 0 bridgehead atoms. The molecule has 0 aliphatic carbocycles. The van der Waals surface area contributed by atoms with Crippen LogP contribution in [0.3, 0.4) is 0 Å². The summed E-state index contributed by atoms with van der Waals surface area (Å²) in [4.78, 5) is 8.89. The first kappa shape index (κ1) is 17.6. The second-order valence-electron chi connectivity index (χ2n) is 4.88. The minimum absolute atomic E-state index is 0.972. The van der Waals surface area contributed by atoms with Crippen LogP contribution in [0.2, 0.25) is 0 Å². The van der Waals surface area contributed by atoms with Gasteiger partial charge in [-0.25, -0.2) is 4.57 Å². The highest BCUT2D eigenvalue weighted by molar-refractivity contribution is 5.60. The number of carbonyl (C=O) groups excluding carboxylic acids is 1. The lowest BCUT2D eigenvalue weighted by Gasteiger charge is -1.99. The number of unbranched alkanes of at least 4 members (excludes halogenated alkanes) is 5. The van der Waals surface area contributed by atoms with Crippen molar-refractivity contribution in [1.29, 1.82) is 0 Å². The number of carboxylic acids is 1. The molecular weight excluding hydrogens is 238 g/mol. The van der Waals surface area contributed by atoms with Gasteiger partial charge in [0.15, 0.2) is 12.4 Å². The zero-order chi connectivity index (χ0) is 14.5. The van der Waals surface area contributed by atoms with Crippen molar-refractivity contribution in [2.24, 2.45) is 0 Å². The lowest BCUT2D eigenvalue weighted by molar-refractivity contribution is -0.697. The Balaban J connectivity index is 0.000000711. The van der Waals surface area contributed by atoms with Crippen molar-refractivity contribution in [3.63, 3.8) is 0 Å². The summed E-state index contributed by atoms with van der Waals surface area (Å²) in [6.07, 6.45) is 12.6. The molecule has 19 heavy (non-hydrogen) atoms. The fourth-order valence-corrected chi connectivity index (χ4v) is 1.87. The third-order valence-electron chi connectivity index (χ3n) is 2.78. The van der Waals surface area contributed by atoms with Gasteiger partial charge in [-0.05, 0) is 26.3 Å². The molecule has 3 heteroatoms. The molecule has 0 atom stereocenters. The molecule has 0 saturated heterocycles. The van der Waals surface area contributed by atoms with E-state index in [9.17, 15) is 0 Å². The van der Waals surface area contributed by atoms with E-state index < -0.39 is 5.97 Å². The molecule has 1 rings (SSSR count). The number of carboxylic acid groups (broad SMARTS) is 1. The molecule has 3 nitrogen and oxygen atoms in total. The summed E-state index contributed by atoms with van der Waals surface area (Å²) in [5.41, 5.74) is 1.35. The van der Waals surface area contributed by atoms with E-state index in [2.05, 4.69) is 42.9 Å². The van der Waals surface area contributed by atoms with Crippen molar-refractivity contribution in [3.8, 4) is 0 Å². The molecule has 108 valence electrons.